The van der Waals surface area contributed by atoms with Gasteiger partial charge in [-0.25, -0.2) is 9.79 Å². The van der Waals surface area contributed by atoms with E-state index in [4.69, 9.17) is 18.9 Å². The minimum Gasteiger partial charge on any atom is -0.496 e. The van der Waals surface area contributed by atoms with Crippen LogP contribution in [0.25, 0.3) is 0 Å². The summed E-state index contributed by atoms with van der Waals surface area (Å²) < 4.78 is 21.9. The van der Waals surface area contributed by atoms with Crippen molar-refractivity contribution in [3.63, 3.8) is 0 Å². The van der Waals surface area contributed by atoms with E-state index in [1.54, 1.807) is 20.1 Å². The van der Waals surface area contributed by atoms with Crippen LogP contribution in [-0.2, 0) is 9.53 Å². The van der Waals surface area contributed by atoms with Gasteiger partial charge in [-0.1, -0.05) is 11.8 Å². The molecule has 1 aromatic carbocycles. The third-order valence-corrected chi connectivity index (χ3v) is 5.11. The van der Waals surface area contributed by atoms with Gasteiger partial charge in [0.05, 0.1) is 31.0 Å². The summed E-state index contributed by atoms with van der Waals surface area (Å²) in [5.74, 6) is 1.48. The Morgan fingerprint density at radius 2 is 2.15 bits per heavy atom. The molecule has 0 aromatic heterocycles. The summed E-state index contributed by atoms with van der Waals surface area (Å²) in [6.07, 6.45) is 1.91. The molecule has 0 saturated heterocycles. The lowest BCUT2D eigenvalue weighted by molar-refractivity contribution is -0.139. The van der Waals surface area contributed by atoms with E-state index < -0.39 is 6.04 Å². The van der Waals surface area contributed by atoms with Crippen molar-refractivity contribution in [2.24, 2.45) is 4.99 Å². The van der Waals surface area contributed by atoms with E-state index in [0.717, 1.165) is 10.7 Å². The number of aliphatic imine (C=N–C) groups is 1. The summed E-state index contributed by atoms with van der Waals surface area (Å²) in [7, 11) is 1.59. The Labute approximate surface area is 155 Å². The van der Waals surface area contributed by atoms with Crippen molar-refractivity contribution in [3.8, 4) is 17.2 Å². The van der Waals surface area contributed by atoms with E-state index in [1.807, 2.05) is 29.5 Å². The monoisotopic (exact) mass is 374 g/mol. The zero-order chi connectivity index (χ0) is 18.3. The van der Waals surface area contributed by atoms with Crippen LogP contribution < -0.4 is 14.2 Å². The normalized spacial score (nSPS) is 20.2. The summed E-state index contributed by atoms with van der Waals surface area (Å²) in [6, 6.07) is 3.23. The van der Waals surface area contributed by atoms with Crippen molar-refractivity contribution in [2.75, 3.05) is 20.5 Å². The number of hydrogen-bond acceptors (Lipinski definition) is 8. The number of hydrogen-bond donors (Lipinski definition) is 0. The first kappa shape index (κ1) is 16.8. The van der Waals surface area contributed by atoms with Crippen molar-refractivity contribution in [3.05, 3.63) is 40.6 Å². The molecule has 0 amide bonds. The molecule has 0 N–H and O–H groups in total. The number of carbonyl (C=O) groups is 1. The molecule has 4 rings (SSSR count). The molecular weight excluding hydrogens is 356 g/mol. The minimum absolute atomic E-state index is 0.165. The summed E-state index contributed by atoms with van der Waals surface area (Å²) in [5, 5.41) is 2.74. The first-order valence-corrected chi connectivity index (χ1v) is 9.07. The first-order valence-electron chi connectivity index (χ1n) is 8.19. The highest BCUT2D eigenvalue weighted by Crippen LogP contribution is 2.47. The molecule has 136 valence electrons. The number of benzene rings is 1. The standard InChI is InChI=1S/C18H18N2O5S/c1-4-23-17(21)15-10(2)19-18-20(5-6-26-18)16(15)11-7-13-14(25-9-24-13)8-12(11)22-3/h5-8,16H,4,9H2,1-3H3/t16-/m0/s1. The van der Waals surface area contributed by atoms with E-state index in [0.29, 0.717) is 35.1 Å². The van der Waals surface area contributed by atoms with Crippen molar-refractivity contribution in [1.29, 1.82) is 0 Å². The van der Waals surface area contributed by atoms with Crippen molar-refractivity contribution in [1.82, 2.24) is 4.90 Å². The number of ether oxygens (including phenoxy) is 4. The zero-order valence-electron chi connectivity index (χ0n) is 14.6. The number of allylic oxidation sites excluding steroid dienone is 1. The molecule has 3 heterocycles. The fourth-order valence-corrected chi connectivity index (χ4v) is 4.00. The number of methoxy groups -OCH3 is 1. The van der Waals surface area contributed by atoms with Gasteiger partial charge in [0.2, 0.25) is 6.79 Å². The lowest BCUT2D eigenvalue weighted by atomic mass is 9.93. The molecule has 8 heteroatoms. The van der Waals surface area contributed by atoms with E-state index in [1.165, 1.54) is 11.8 Å². The molecule has 0 bridgehead atoms. The molecule has 0 radical (unpaired) electrons. The Kier molecular flexibility index (Phi) is 4.28. The van der Waals surface area contributed by atoms with Crippen LogP contribution in [0.2, 0.25) is 0 Å². The second kappa shape index (κ2) is 6.60. The lowest BCUT2D eigenvalue weighted by Gasteiger charge is -2.34. The maximum Gasteiger partial charge on any atom is 0.338 e. The average Bonchev–Trinajstić information content (AvgIpc) is 3.27. The van der Waals surface area contributed by atoms with Crippen LogP contribution in [-0.4, -0.2) is 36.5 Å². The molecule has 0 saturated carbocycles. The number of nitrogens with zero attached hydrogens (tertiary/aromatic N) is 2. The van der Waals surface area contributed by atoms with Gasteiger partial charge in [-0.3, -0.25) is 0 Å². The SMILES string of the molecule is CCOC(=O)C1=C(C)N=C2SC=CN2[C@H]1c1cc2c(cc1OC)OCO2. The molecule has 0 spiro atoms. The molecule has 1 aromatic rings. The predicted molar refractivity (Wildman–Crippen MR) is 97.2 cm³/mol. The molecule has 0 unspecified atom stereocenters. The number of rotatable bonds is 4. The third kappa shape index (κ3) is 2.61. The second-order valence-corrected chi connectivity index (χ2v) is 6.65. The Hall–Kier alpha value is -2.61. The highest BCUT2D eigenvalue weighted by molar-refractivity contribution is 8.16. The quantitative estimate of drug-likeness (QED) is 0.750. The van der Waals surface area contributed by atoms with E-state index in [2.05, 4.69) is 4.99 Å². The van der Waals surface area contributed by atoms with Gasteiger partial charge < -0.3 is 23.8 Å². The highest BCUT2D eigenvalue weighted by Gasteiger charge is 2.39. The molecule has 0 aliphatic carbocycles. The van der Waals surface area contributed by atoms with Crippen molar-refractivity contribution < 1.29 is 23.7 Å². The fraction of sp³-hybridized carbons (Fsp3) is 0.333. The van der Waals surface area contributed by atoms with Crippen molar-refractivity contribution >= 4 is 22.9 Å². The maximum absolute atomic E-state index is 12.7. The molecular formula is C18H18N2O5S. The minimum atomic E-state index is -0.419. The Morgan fingerprint density at radius 1 is 1.38 bits per heavy atom. The number of thioether (sulfide) groups is 1. The van der Waals surface area contributed by atoms with Crippen molar-refractivity contribution in [2.45, 2.75) is 19.9 Å². The van der Waals surface area contributed by atoms with Crippen LogP contribution in [0.15, 0.2) is 40.0 Å². The molecule has 1 atom stereocenters. The van der Waals surface area contributed by atoms with Gasteiger partial charge in [-0.15, -0.1) is 0 Å². The third-order valence-electron chi connectivity index (χ3n) is 4.34. The van der Waals surface area contributed by atoms with E-state index >= 15 is 0 Å². The molecule has 0 fully saturated rings. The summed E-state index contributed by atoms with van der Waals surface area (Å²) in [5.41, 5.74) is 1.91. The summed E-state index contributed by atoms with van der Waals surface area (Å²) in [6.45, 7) is 4.06. The van der Waals surface area contributed by atoms with Crippen LogP contribution in [0, 0.1) is 0 Å². The predicted octanol–water partition coefficient (Wildman–Crippen LogP) is 3.19. The van der Waals surface area contributed by atoms with Gasteiger partial charge in [0.15, 0.2) is 16.7 Å². The Balaban J connectivity index is 1.88. The van der Waals surface area contributed by atoms with Gasteiger partial charge >= 0.3 is 5.97 Å². The highest BCUT2D eigenvalue weighted by atomic mass is 32.2. The first-order chi connectivity index (χ1) is 12.6. The largest absolute Gasteiger partial charge is 0.496 e. The molecule has 3 aliphatic heterocycles. The lowest BCUT2D eigenvalue weighted by Crippen LogP contribution is -2.34. The Bertz CT molecular complexity index is 861. The summed E-state index contributed by atoms with van der Waals surface area (Å²) in [4.78, 5) is 19.2. The Morgan fingerprint density at radius 3 is 2.88 bits per heavy atom. The van der Waals surface area contributed by atoms with Gasteiger partial charge in [0, 0.05) is 17.8 Å². The molecule has 3 aliphatic rings. The number of esters is 1. The number of fused-ring (bicyclic) bond motifs is 2. The second-order valence-electron chi connectivity index (χ2n) is 5.77. The number of amidine groups is 1. The van der Waals surface area contributed by atoms with Gasteiger partial charge in [0.25, 0.3) is 0 Å². The van der Waals surface area contributed by atoms with E-state index in [9.17, 15) is 4.79 Å². The topological polar surface area (TPSA) is 69.6 Å². The van der Waals surface area contributed by atoms with Crippen LogP contribution in [0.4, 0.5) is 0 Å². The smallest absolute Gasteiger partial charge is 0.338 e. The zero-order valence-corrected chi connectivity index (χ0v) is 15.5. The fourth-order valence-electron chi connectivity index (χ4n) is 3.21. The van der Waals surface area contributed by atoms with E-state index in [-0.39, 0.29) is 12.8 Å². The maximum atomic E-state index is 12.7. The van der Waals surface area contributed by atoms with Gasteiger partial charge in [-0.2, -0.15) is 0 Å². The molecule has 26 heavy (non-hydrogen) atoms. The average molecular weight is 374 g/mol. The number of carbonyl (C=O) groups excluding carboxylic acids is 1. The van der Waals surface area contributed by atoms with Crippen LogP contribution in [0.1, 0.15) is 25.5 Å². The summed E-state index contributed by atoms with van der Waals surface area (Å²) >= 11 is 1.51. The van der Waals surface area contributed by atoms with Crippen LogP contribution >= 0.6 is 11.8 Å². The van der Waals surface area contributed by atoms with Gasteiger partial charge in [-0.05, 0) is 25.3 Å². The van der Waals surface area contributed by atoms with Crippen LogP contribution in [0.3, 0.4) is 0 Å². The van der Waals surface area contributed by atoms with Gasteiger partial charge in [0.1, 0.15) is 5.75 Å². The van der Waals surface area contributed by atoms with Crippen LogP contribution in [0.5, 0.6) is 17.2 Å². The molecule has 7 nitrogen and oxygen atoms in total.